The monoisotopic (exact) mass is 430 g/mol. The second-order valence-electron chi connectivity index (χ2n) is 4.60. The van der Waals surface area contributed by atoms with Gasteiger partial charge in [-0.05, 0) is 24.1 Å². The highest BCUT2D eigenvalue weighted by Gasteiger charge is 2.62. The lowest BCUT2D eigenvalue weighted by Crippen LogP contribution is -2.44. The van der Waals surface area contributed by atoms with Crippen LogP contribution < -0.4 is 0 Å². The van der Waals surface area contributed by atoms with Gasteiger partial charge in [-0.1, -0.05) is 35.9 Å². The molecule has 13 heteroatoms. The Balaban J connectivity index is 3.28. The largest absolute Gasteiger partial charge is 0.498 e. The van der Waals surface area contributed by atoms with Gasteiger partial charge in [-0.15, -0.1) is 0 Å². The van der Waals surface area contributed by atoms with Crippen molar-refractivity contribution in [2.45, 2.75) is 22.0 Å². The molecular weight excluding hydrogens is 422 g/mol. The second-order valence-corrected chi connectivity index (χ2v) is 9.58. The molecule has 0 aliphatic heterocycles. The van der Waals surface area contributed by atoms with Crippen LogP contribution >= 0.6 is 11.6 Å². The van der Waals surface area contributed by atoms with Crippen LogP contribution in [0.2, 0.25) is 5.02 Å². The van der Waals surface area contributed by atoms with Gasteiger partial charge in [0.25, 0.3) is 19.7 Å². The number of hydrogen-bond acceptors (Lipinski definition) is 4. The summed E-state index contributed by atoms with van der Waals surface area (Å²) in [7, 11) is -13.2. The highest BCUT2D eigenvalue weighted by molar-refractivity contribution is 8.09. The molecule has 0 aromatic heterocycles. The van der Waals surface area contributed by atoms with E-state index in [1.807, 2.05) is 0 Å². The number of halogens is 7. The molecule has 0 atom stereocenters. The van der Waals surface area contributed by atoms with E-state index in [-0.39, 0.29) is 5.56 Å². The van der Waals surface area contributed by atoms with Crippen molar-refractivity contribution in [1.29, 1.82) is 0 Å². The molecule has 0 N–H and O–H groups in total. The third-order valence-corrected chi connectivity index (χ3v) is 7.68. The van der Waals surface area contributed by atoms with Gasteiger partial charge in [0.2, 0.25) is 0 Å². The van der Waals surface area contributed by atoms with Gasteiger partial charge >= 0.3 is 11.0 Å². The van der Waals surface area contributed by atoms with Gasteiger partial charge in [-0.25, -0.2) is 16.8 Å². The van der Waals surface area contributed by atoms with Gasteiger partial charge in [0, 0.05) is 5.02 Å². The molecule has 1 aromatic rings. The first kappa shape index (κ1) is 21.8. The summed E-state index contributed by atoms with van der Waals surface area (Å²) in [5.41, 5.74) is -12.1. The zero-order valence-electron chi connectivity index (χ0n) is 11.8. The Morgan fingerprint density at radius 1 is 0.880 bits per heavy atom. The van der Waals surface area contributed by atoms with Crippen molar-refractivity contribution in [2.24, 2.45) is 0 Å². The van der Waals surface area contributed by atoms with E-state index in [1.54, 1.807) is 0 Å². The number of hydrogen-bond donors (Lipinski definition) is 0. The van der Waals surface area contributed by atoms with Gasteiger partial charge in [0.05, 0.1) is 0 Å². The second kappa shape index (κ2) is 7.16. The van der Waals surface area contributed by atoms with Crippen LogP contribution in [-0.2, 0) is 19.7 Å². The van der Waals surface area contributed by atoms with Crippen LogP contribution in [0.15, 0.2) is 30.3 Å². The smallest absolute Gasteiger partial charge is 0.218 e. The predicted molar refractivity (Wildman–Crippen MR) is 78.8 cm³/mol. The SMILES string of the molecule is O=S(=O)(C(C/C=C/c1ccc(Cl)cc1)S(=O)(=O)C(F)(F)F)C(F)(F)F. The fraction of sp³-hybridized carbons (Fsp3) is 0.333. The summed E-state index contributed by atoms with van der Waals surface area (Å²) >= 11 is 5.58. The Hall–Kier alpha value is -1.27. The number of alkyl halides is 6. The lowest BCUT2D eigenvalue weighted by atomic mass is 10.2. The minimum atomic E-state index is -6.62. The Morgan fingerprint density at radius 3 is 1.64 bits per heavy atom. The lowest BCUT2D eigenvalue weighted by molar-refractivity contribution is -0.0471. The summed E-state index contributed by atoms with van der Waals surface area (Å²) in [6.45, 7) is 0. The standard InChI is InChI=1S/C12H9ClF6O4S2/c13-9-6-4-8(5-7-9)2-1-3-10(24(20,21)11(14,15)16)25(22,23)12(17,18)19/h1-2,4-7,10H,3H2/b2-1+. The normalized spacial score (nSPS) is 14.4. The molecule has 0 heterocycles. The molecule has 0 amide bonds. The molecule has 0 unspecified atom stereocenters. The molecule has 0 aliphatic carbocycles. The Kier molecular flexibility index (Phi) is 6.23. The summed E-state index contributed by atoms with van der Waals surface area (Å²) in [4.78, 5) is 0. The maximum Gasteiger partial charge on any atom is 0.498 e. The summed E-state index contributed by atoms with van der Waals surface area (Å²) in [5, 5.41) is 0.300. The number of rotatable bonds is 5. The summed E-state index contributed by atoms with van der Waals surface area (Å²) in [6.07, 6.45) is 0.0356. The van der Waals surface area contributed by atoms with Crippen molar-refractivity contribution >= 4 is 37.4 Å². The third kappa shape index (κ3) is 4.88. The van der Waals surface area contributed by atoms with Crippen LogP contribution in [-0.4, -0.2) is 32.4 Å². The van der Waals surface area contributed by atoms with Gasteiger partial charge in [-0.3, -0.25) is 0 Å². The first-order valence-electron chi connectivity index (χ1n) is 6.13. The zero-order chi connectivity index (χ0) is 19.7. The highest BCUT2D eigenvalue weighted by atomic mass is 35.5. The van der Waals surface area contributed by atoms with E-state index in [0.29, 0.717) is 11.1 Å². The average Bonchev–Trinajstić information content (AvgIpc) is 2.42. The number of allylic oxidation sites excluding steroid dienone is 1. The topological polar surface area (TPSA) is 68.3 Å². The van der Waals surface area contributed by atoms with Crippen molar-refractivity contribution in [3.8, 4) is 0 Å². The highest BCUT2D eigenvalue weighted by Crippen LogP contribution is 2.37. The van der Waals surface area contributed by atoms with E-state index in [9.17, 15) is 43.2 Å². The zero-order valence-corrected chi connectivity index (χ0v) is 14.2. The molecular formula is C12H9ClF6O4S2. The lowest BCUT2D eigenvalue weighted by Gasteiger charge is -2.19. The summed E-state index contributed by atoms with van der Waals surface area (Å²) in [5.74, 6) is 0. The van der Waals surface area contributed by atoms with Crippen LogP contribution in [0, 0.1) is 0 Å². The van der Waals surface area contributed by atoms with Crippen molar-refractivity contribution in [3.63, 3.8) is 0 Å². The molecule has 0 aliphatic rings. The predicted octanol–water partition coefficient (Wildman–Crippen LogP) is 3.94. The Bertz CT molecular complexity index is 795. The number of sulfone groups is 2. The van der Waals surface area contributed by atoms with Gasteiger partial charge in [0.1, 0.15) is 0 Å². The molecule has 0 bridgehead atoms. The van der Waals surface area contributed by atoms with Crippen molar-refractivity contribution < 1.29 is 43.2 Å². The molecule has 0 spiro atoms. The van der Waals surface area contributed by atoms with Gasteiger partial charge < -0.3 is 0 Å². The molecule has 0 saturated heterocycles. The molecule has 25 heavy (non-hydrogen) atoms. The fourth-order valence-corrected chi connectivity index (χ4v) is 5.05. The van der Waals surface area contributed by atoms with E-state index in [0.717, 1.165) is 6.08 Å². The van der Waals surface area contributed by atoms with Crippen LogP contribution in [0.25, 0.3) is 6.08 Å². The van der Waals surface area contributed by atoms with Gasteiger partial charge in [0.15, 0.2) is 4.58 Å². The minimum absolute atomic E-state index is 0.261. The third-order valence-electron chi connectivity index (χ3n) is 2.85. The first-order chi connectivity index (χ1) is 11.1. The summed E-state index contributed by atoms with van der Waals surface area (Å²) in [6, 6.07) is 5.39. The van der Waals surface area contributed by atoms with Crippen molar-refractivity contribution in [1.82, 2.24) is 0 Å². The van der Waals surface area contributed by atoms with Crippen LogP contribution in [0.3, 0.4) is 0 Å². The molecule has 0 radical (unpaired) electrons. The number of benzene rings is 1. The Morgan fingerprint density at radius 2 is 1.28 bits per heavy atom. The van der Waals surface area contributed by atoms with E-state index in [4.69, 9.17) is 11.6 Å². The Labute approximate surface area is 143 Å². The molecule has 0 saturated carbocycles. The van der Waals surface area contributed by atoms with E-state index >= 15 is 0 Å². The van der Waals surface area contributed by atoms with Crippen LogP contribution in [0.1, 0.15) is 12.0 Å². The molecule has 4 nitrogen and oxygen atoms in total. The molecule has 1 rings (SSSR count). The van der Waals surface area contributed by atoms with Crippen molar-refractivity contribution in [3.05, 3.63) is 40.9 Å². The quantitative estimate of drug-likeness (QED) is 0.664. The van der Waals surface area contributed by atoms with Crippen molar-refractivity contribution in [2.75, 3.05) is 0 Å². The summed E-state index contributed by atoms with van der Waals surface area (Å²) < 4.78 is 117. The van der Waals surface area contributed by atoms with Gasteiger partial charge in [-0.2, -0.15) is 26.3 Å². The van der Waals surface area contributed by atoms with Crippen LogP contribution in [0.4, 0.5) is 26.3 Å². The average molecular weight is 431 g/mol. The first-order valence-corrected chi connectivity index (χ1v) is 9.60. The minimum Gasteiger partial charge on any atom is -0.218 e. The molecule has 1 aromatic carbocycles. The molecule has 0 fully saturated rings. The maximum atomic E-state index is 12.5. The fourth-order valence-electron chi connectivity index (χ4n) is 1.61. The van der Waals surface area contributed by atoms with E-state index in [1.165, 1.54) is 24.3 Å². The van der Waals surface area contributed by atoms with E-state index < -0.39 is 41.7 Å². The van der Waals surface area contributed by atoms with E-state index in [2.05, 4.69) is 0 Å². The maximum absolute atomic E-state index is 12.5. The molecule has 142 valence electrons. The van der Waals surface area contributed by atoms with Crippen LogP contribution in [0.5, 0.6) is 0 Å².